The fraction of sp³-hybridized carbons (Fsp3) is 0.355. The lowest BCUT2D eigenvalue weighted by Crippen LogP contribution is -2.18. The zero-order valence-electron chi connectivity index (χ0n) is 22.1. The minimum absolute atomic E-state index is 0.191. The second-order valence-corrected chi connectivity index (χ2v) is 11.3. The maximum absolute atomic E-state index is 11.3. The van der Waals surface area contributed by atoms with Crippen LogP contribution >= 0.6 is 11.6 Å². The second kappa shape index (κ2) is 10.4. The molecule has 3 aromatic rings. The summed E-state index contributed by atoms with van der Waals surface area (Å²) in [5, 5.41) is 11.9. The summed E-state index contributed by atoms with van der Waals surface area (Å²) in [5.74, 6) is 1.74. The average molecular weight is 493 g/mol. The van der Waals surface area contributed by atoms with E-state index < -0.39 is 0 Å². The van der Waals surface area contributed by atoms with Crippen LogP contribution in [-0.4, -0.2) is 19.3 Å². The number of rotatable bonds is 6. The molecule has 186 valence electrons. The fourth-order valence-electron chi connectivity index (χ4n) is 4.26. The summed E-state index contributed by atoms with van der Waals surface area (Å²) in [7, 11) is 3.33. The maximum Gasteiger partial charge on any atom is 0.123 e. The van der Waals surface area contributed by atoms with Crippen molar-refractivity contribution in [2.45, 2.75) is 58.3 Å². The van der Waals surface area contributed by atoms with Crippen molar-refractivity contribution in [1.29, 1.82) is 0 Å². The first-order valence-electron chi connectivity index (χ1n) is 11.9. The van der Waals surface area contributed by atoms with E-state index in [0.29, 0.717) is 10.8 Å². The third-order valence-corrected chi connectivity index (χ3v) is 6.60. The molecule has 0 aliphatic heterocycles. The van der Waals surface area contributed by atoms with Gasteiger partial charge < -0.3 is 14.6 Å². The van der Waals surface area contributed by atoms with E-state index in [1.54, 1.807) is 14.2 Å². The Hall–Kier alpha value is -2.91. The van der Waals surface area contributed by atoms with E-state index in [4.69, 9.17) is 21.1 Å². The summed E-state index contributed by atoms with van der Waals surface area (Å²) in [4.78, 5) is 0. The zero-order chi connectivity index (χ0) is 26.0. The smallest absolute Gasteiger partial charge is 0.123 e. The summed E-state index contributed by atoms with van der Waals surface area (Å²) >= 11 is 6.91. The molecule has 35 heavy (non-hydrogen) atoms. The number of aromatic hydroxyl groups is 1. The Kier molecular flexibility index (Phi) is 7.91. The molecule has 3 aromatic carbocycles. The van der Waals surface area contributed by atoms with Crippen LogP contribution < -0.4 is 9.47 Å². The molecule has 0 saturated carbocycles. The highest BCUT2D eigenvalue weighted by molar-refractivity contribution is 6.48. The van der Waals surface area contributed by atoms with E-state index in [9.17, 15) is 5.11 Å². The Labute approximate surface area is 215 Å². The Morgan fingerprint density at radius 1 is 0.829 bits per heavy atom. The van der Waals surface area contributed by atoms with Gasteiger partial charge in [-0.3, -0.25) is 0 Å². The number of para-hydroxylation sites is 1. The number of phenolic OH excluding ortho intramolecular Hbond substituents is 1. The molecule has 0 bridgehead atoms. The van der Waals surface area contributed by atoms with Crippen LogP contribution in [0.15, 0.2) is 66.7 Å². The highest BCUT2D eigenvalue weighted by atomic mass is 35.5. The van der Waals surface area contributed by atoms with E-state index in [1.807, 2.05) is 42.5 Å². The third kappa shape index (κ3) is 6.02. The van der Waals surface area contributed by atoms with Crippen LogP contribution in [0, 0.1) is 0 Å². The van der Waals surface area contributed by atoms with Gasteiger partial charge in [-0.25, -0.2) is 0 Å². The van der Waals surface area contributed by atoms with E-state index in [-0.39, 0.29) is 16.7 Å². The summed E-state index contributed by atoms with van der Waals surface area (Å²) in [6.07, 6.45) is 2.06. The van der Waals surface area contributed by atoms with Crippen molar-refractivity contribution in [3.05, 3.63) is 94.6 Å². The quantitative estimate of drug-likeness (QED) is 0.375. The standard InChI is InChI=1S/C31H37ClO3/c1-30(2,3)25-17-21(18-26(29(25)33)31(4,5)6)24(23-11-9-10-12-28(23)35-8)19-27(32)20-13-15-22(34-7)16-14-20/h9-19,24,33H,1-8H3. The Balaban J connectivity index is 2.30. The number of allylic oxidation sites excluding steroid dienone is 1. The van der Waals surface area contributed by atoms with E-state index in [2.05, 4.69) is 65.8 Å². The van der Waals surface area contributed by atoms with Crippen LogP contribution in [0.4, 0.5) is 0 Å². The number of hydrogen-bond acceptors (Lipinski definition) is 3. The number of phenols is 1. The van der Waals surface area contributed by atoms with Crippen molar-refractivity contribution in [2.24, 2.45) is 0 Å². The molecule has 0 radical (unpaired) electrons. The van der Waals surface area contributed by atoms with Gasteiger partial charge in [0.05, 0.1) is 14.2 Å². The van der Waals surface area contributed by atoms with Gasteiger partial charge >= 0.3 is 0 Å². The van der Waals surface area contributed by atoms with Gasteiger partial charge in [-0.05, 0) is 63.4 Å². The summed E-state index contributed by atoms with van der Waals surface area (Å²) < 4.78 is 11.0. The van der Waals surface area contributed by atoms with E-state index in [0.717, 1.165) is 39.3 Å². The van der Waals surface area contributed by atoms with E-state index >= 15 is 0 Å². The normalized spacial score (nSPS) is 13.5. The fourth-order valence-corrected chi connectivity index (χ4v) is 4.51. The van der Waals surface area contributed by atoms with Crippen LogP contribution in [0.5, 0.6) is 17.2 Å². The molecule has 1 N–H and O–H groups in total. The van der Waals surface area contributed by atoms with Crippen molar-refractivity contribution in [1.82, 2.24) is 0 Å². The molecule has 1 unspecified atom stereocenters. The van der Waals surface area contributed by atoms with Gasteiger partial charge in [-0.2, -0.15) is 0 Å². The molecule has 0 saturated heterocycles. The highest BCUT2D eigenvalue weighted by Crippen LogP contribution is 2.44. The van der Waals surface area contributed by atoms with Crippen molar-refractivity contribution < 1.29 is 14.6 Å². The topological polar surface area (TPSA) is 38.7 Å². The second-order valence-electron chi connectivity index (χ2n) is 10.9. The number of hydrogen-bond donors (Lipinski definition) is 1. The van der Waals surface area contributed by atoms with Gasteiger partial charge in [0.1, 0.15) is 17.2 Å². The Morgan fingerprint density at radius 2 is 1.37 bits per heavy atom. The van der Waals surface area contributed by atoms with Gasteiger partial charge in [-0.15, -0.1) is 0 Å². The summed E-state index contributed by atoms with van der Waals surface area (Å²) in [6, 6.07) is 19.9. The summed E-state index contributed by atoms with van der Waals surface area (Å²) in [5.41, 5.74) is 4.30. The molecule has 0 aliphatic rings. The molecule has 0 heterocycles. The predicted molar refractivity (Wildman–Crippen MR) is 147 cm³/mol. The van der Waals surface area contributed by atoms with Crippen LogP contribution in [0.25, 0.3) is 5.03 Å². The number of ether oxygens (including phenoxy) is 2. The average Bonchev–Trinajstić information content (AvgIpc) is 2.81. The highest BCUT2D eigenvalue weighted by Gasteiger charge is 2.29. The molecule has 0 aliphatic carbocycles. The van der Waals surface area contributed by atoms with Gasteiger partial charge in [0.2, 0.25) is 0 Å². The molecule has 0 spiro atoms. The van der Waals surface area contributed by atoms with Crippen LogP contribution in [0.3, 0.4) is 0 Å². The number of benzene rings is 3. The van der Waals surface area contributed by atoms with Gasteiger partial charge in [0, 0.05) is 16.5 Å². The first-order valence-corrected chi connectivity index (χ1v) is 12.3. The molecule has 0 aromatic heterocycles. The zero-order valence-corrected chi connectivity index (χ0v) is 22.8. The van der Waals surface area contributed by atoms with Crippen molar-refractivity contribution in [3.63, 3.8) is 0 Å². The molecule has 4 heteroatoms. The number of methoxy groups -OCH3 is 2. The van der Waals surface area contributed by atoms with Crippen LogP contribution in [0.1, 0.15) is 75.3 Å². The minimum Gasteiger partial charge on any atom is -0.507 e. The van der Waals surface area contributed by atoms with Gasteiger partial charge in [0.15, 0.2) is 0 Å². The molecule has 3 rings (SSSR count). The molecule has 3 nitrogen and oxygen atoms in total. The molecule has 0 fully saturated rings. The van der Waals surface area contributed by atoms with Crippen molar-refractivity contribution >= 4 is 16.6 Å². The SMILES string of the molecule is COc1ccc(C(Cl)=CC(c2cc(C(C)(C)C)c(O)c(C(C)(C)C)c2)c2ccccc2OC)cc1. The molecule has 1 atom stereocenters. The Bertz CT molecular complexity index is 1160. The number of halogens is 1. The molecular formula is C31H37ClO3. The van der Waals surface area contributed by atoms with Gasteiger partial charge in [-0.1, -0.05) is 89.6 Å². The lowest BCUT2D eigenvalue weighted by atomic mass is 9.76. The lowest BCUT2D eigenvalue weighted by molar-refractivity contribution is 0.409. The van der Waals surface area contributed by atoms with Crippen LogP contribution in [-0.2, 0) is 10.8 Å². The van der Waals surface area contributed by atoms with Gasteiger partial charge in [0.25, 0.3) is 0 Å². The maximum atomic E-state index is 11.3. The molecule has 0 amide bonds. The first kappa shape index (κ1) is 26.7. The molecular weight excluding hydrogens is 456 g/mol. The third-order valence-electron chi connectivity index (χ3n) is 6.26. The Morgan fingerprint density at radius 3 is 1.86 bits per heavy atom. The minimum atomic E-state index is -0.241. The van der Waals surface area contributed by atoms with Crippen molar-refractivity contribution in [2.75, 3.05) is 14.2 Å². The first-order chi connectivity index (χ1) is 16.4. The lowest BCUT2D eigenvalue weighted by Gasteiger charge is -2.30. The van der Waals surface area contributed by atoms with Crippen LogP contribution in [0.2, 0.25) is 0 Å². The summed E-state index contributed by atoms with van der Waals surface area (Å²) in [6.45, 7) is 12.7. The largest absolute Gasteiger partial charge is 0.507 e. The van der Waals surface area contributed by atoms with Crippen molar-refractivity contribution in [3.8, 4) is 17.2 Å². The monoisotopic (exact) mass is 492 g/mol. The van der Waals surface area contributed by atoms with E-state index in [1.165, 1.54) is 0 Å². The predicted octanol–water partition coefficient (Wildman–Crippen LogP) is 8.42.